The normalized spacial score (nSPS) is 11.1. The number of rotatable bonds is 5. The summed E-state index contributed by atoms with van der Waals surface area (Å²) in [5.41, 5.74) is 10.1. The molecule has 0 saturated carbocycles. The number of aromatic nitrogens is 4. The molecule has 0 aliphatic rings. The monoisotopic (exact) mass is 308 g/mol. The van der Waals surface area contributed by atoms with Crippen molar-refractivity contribution in [2.75, 3.05) is 11.9 Å². The number of anilines is 1. The maximum absolute atomic E-state index is 5.95. The Morgan fingerprint density at radius 2 is 2.30 bits per heavy atom. The molecule has 0 aromatic carbocycles. The Labute approximate surface area is 124 Å². The Hall–Kier alpha value is -1.70. The molecule has 0 unspecified atom stereocenters. The molecule has 20 heavy (non-hydrogen) atoms. The third kappa shape index (κ3) is 2.74. The van der Waals surface area contributed by atoms with Gasteiger partial charge in [0.15, 0.2) is 0 Å². The van der Waals surface area contributed by atoms with Crippen LogP contribution in [0.2, 0.25) is 5.28 Å². The Kier molecular flexibility index (Phi) is 3.81. The van der Waals surface area contributed by atoms with Crippen LogP contribution in [0.3, 0.4) is 0 Å². The van der Waals surface area contributed by atoms with Crippen molar-refractivity contribution in [3.05, 3.63) is 33.6 Å². The van der Waals surface area contributed by atoms with Gasteiger partial charge in [0.1, 0.15) is 11.5 Å². The maximum Gasteiger partial charge on any atom is 0.226 e. The highest BCUT2D eigenvalue weighted by Gasteiger charge is 2.10. The minimum absolute atomic E-state index is 0.208. The smallest absolute Gasteiger partial charge is 0.226 e. The van der Waals surface area contributed by atoms with E-state index < -0.39 is 0 Å². The maximum atomic E-state index is 5.95. The first-order valence-corrected chi connectivity index (χ1v) is 7.44. The first-order chi connectivity index (χ1) is 9.76. The molecule has 6 nitrogen and oxygen atoms in total. The molecule has 0 bridgehead atoms. The van der Waals surface area contributed by atoms with Crippen molar-refractivity contribution in [2.45, 2.75) is 13.0 Å². The summed E-state index contributed by atoms with van der Waals surface area (Å²) in [5, 5.41) is 6.35. The topological polar surface area (TPSA) is 92.5 Å². The SMILES string of the molecule is NCCc1cc2c(NCc3cscn3)nc(Cl)nc2[nH]1. The third-order valence-corrected chi connectivity index (χ3v) is 3.65. The van der Waals surface area contributed by atoms with Crippen LogP contribution in [-0.4, -0.2) is 26.5 Å². The lowest BCUT2D eigenvalue weighted by molar-refractivity contribution is 0.937. The average Bonchev–Trinajstić information content (AvgIpc) is 3.05. The number of nitrogens with one attached hydrogen (secondary N) is 2. The molecule has 104 valence electrons. The highest BCUT2D eigenvalue weighted by Crippen LogP contribution is 2.23. The fourth-order valence-corrected chi connectivity index (χ4v) is 2.69. The summed E-state index contributed by atoms with van der Waals surface area (Å²) in [6, 6.07) is 2.00. The van der Waals surface area contributed by atoms with E-state index in [1.807, 2.05) is 11.4 Å². The second-order valence-electron chi connectivity index (χ2n) is 4.27. The summed E-state index contributed by atoms with van der Waals surface area (Å²) in [6.45, 7) is 1.18. The zero-order valence-electron chi connectivity index (χ0n) is 10.6. The molecule has 0 saturated heterocycles. The first kappa shape index (κ1) is 13.3. The van der Waals surface area contributed by atoms with Gasteiger partial charge in [-0.15, -0.1) is 11.3 Å². The average molecular weight is 309 g/mol. The van der Waals surface area contributed by atoms with E-state index in [9.17, 15) is 0 Å². The summed E-state index contributed by atoms with van der Waals surface area (Å²) in [6.07, 6.45) is 0.763. The number of hydrogen-bond donors (Lipinski definition) is 3. The molecule has 3 rings (SSSR count). The molecule has 0 atom stereocenters. The predicted octanol–water partition coefficient (Wildman–Crippen LogP) is 2.18. The van der Waals surface area contributed by atoms with Gasteiger partial charge in [-0.05, 0) is 30.6 Å². The van der Waals surface area contributed by atoms with E-state index in [-0.39, 0.29) is 5.28 Å². The van der Waals surface area contributed by atoms with Crippen molar-refractivity contribution in [1.29, 1.82) is 0 Å². The highest BCUT2D eigenvalue weighted by atomic mass is 35.5. The number of thiazole rings is 1. The van der Waals surface area contributed by atoms with Gasteiger partial charge in [-0.3, -0.25) is 0 Å². The first-order valence-electron chi connectivity index (χ1n) is 6.12. The van der Waals surface area contributed by atoms with Gasteiger partial charge in [0, 0.05) is 11.1 Å². The van der Waals surface area contributed by atoms with Crippen LogP contribution in [0.25, 0.3) is 11.0 Å². The zero-order chi connectivity index (χ0) is 13.9. The molecule has 0 radical (unpaired) electrons. The number of fused-ring (bicyclic) bond motifs is 1. The van der Waals surface area contributed by atoms with E-state index in [1.54, 1.807) is 16.8 Å². The van der Waals surface area contributed by atoms with Gasteiger partial charge in [0.05, 0.1) is 23.1 Å². The molecule has 0 aliphatic heterocycles. The van der Waals surface area contributed by atoms with E-state index in [0.29, 0.717) is 24.6 Å². The number of halogens is 1. The highest BCUT2D eigenvalue weighted by molar-refractivity contribution is 7.07. The molecule has 3 aromatic heterocycles. The Morgan fingerprint density at radius 1 is 1.40 bits per heavy atom. The Morgan fingerprint density at radius 3 is 3.05 bits per heavy atom. The Bertz CT molecular complexity index is 708. The van der Waals surface area contributed by atoms with Crippen molar-refractivity contribution >= 4 is 39.8 Å². The zero-order valence-corrected chi connectivity index (χ0v) is 12.1. The second-order valence-corrected chi connectivity index (χ2v) is 5.33. The molecule has 0 amide bonds. The van der Waals surface area contributed by atoms with Gasteiger partial charge in [-0.1, -0.05) is 0 Å². The van der Waals surface area contributed by atoms with Gasteiger partial charge >= 0.3 is 0 Å². The van der Waals surface area contributed by atoms with Crippen LogP contribution in [0.4, 0.5) is 5.82 Å². The largest absolute Gasteiger partial charge is 0.364 e. The lowest BCUT2D eigenvalue weighted by Gasteiger charge is -2.05. The van der Waals surface area contributed by atoms with Crippen molar-refractivity contribution in [1.82, 2.24) is 19.9 Å². The van der Waals surface area contributed by atoms with Crippen LogP contribution in [0.15, 0.2) is 17.0 Å². The van der Waals surface area contributed by atoms with E-state index in [1.165, 1.54) is 0 Å². The van der Waals surface area contributed by atoms with E-state index in [4.69, 9.17) is 17.3 Å². The number of nitrogens with two attached hydrogens (primary N) is 1. The van der Waals surface area contributed by atoms with Gasteiger partial charge in [0.2, 0.25) is 5.28 Å². The van der Waals surface area contributed by atoms with Crippen molar-refractivity contribution < 1.29 is 0 Å². The second kappa shape index (κ2) is 5.74. The van der Waals surface area contributed by atoms with Crippen molar-refractivity contribution in [3.63, 3.8) is 0 Å². The minimum Gasteiger partial charge on any atom is -0.364 e. The molecule has 8 heteroatoms. The van der Waals surface area contributed by atoms with Crippen LogP contribution in [0.5, 0.6) is 0 Å². The molecule has 4 N–H and O–H groups in total. The molecular weight excluding hydrogens is 296 g/mol. The lowest BCUT2D eigenvalue weighted by atomic mass is 10.3. The standard InChI is InChI=1S/C12H13ClN6S/c13-12-18-10(15-4-8-5-20-6-16-8)9-3-7(1-2-14)17-11(9)19-12/h3,5-6H,1-2,4,14H2,(H2,15,17,18,19). The number of aromatic amines is 1. The van der Waals surface area contributed by atoms with Gasteiger partial charge in [-0.2, -0.15) is 4.98 Å². The lowest BCUT2D eigenvalue weighted by Crippen LogP contribution is -2.02. The van der Waals surface area contributed by atoms with Crippen molar-refractivity contribution in [2.24, 2.45) is 5.73 Å². The third-order valence-electron chi connectivity index (χ3n) is 2.85. The van der Waals surface area contributed by atoms with Crippen LogP contribution >= 0.6 is 22.9 Å². The van der Waals surface area contributed by atoms with Gasteiger partial charge < -0.3 is 16.0 Å². The van der Waals surface area contributed by atoms with E-state index in [2.05, 4.69) is 25.3 Å². The quantitative estimate of drug-likeness (QED) is 0.628. The summed E-state index contributed by atoms with van der Waals surface area (Å²) in [4.78, 5) is 15.9. The fourth-order valence-electron chi connectivity index (χ4n) is 1.96. The van der Waals surface area contributed by atoms with Crippen LogP contribution in [0, 0.1) is 0 Å². The van der Waals surface area contributed by atoms with E-state index in [0.717, 1.165) is 23.2 Å². The summed E-state index contributed by atoms with van der Waals surface area (Å²) < 4.78 is 0. The summed E-state index contributed by atoms with van der Waals surface area (Å²) in [7, 11) is 0. The Balaban J connectivity index is 1.91. The number of H-pyrrole nitrogens is 1. The molecule has 3 aromatic rings. The van der Waals surface area contributed by atoms with Crippen LogP contribution < -0.4 is 11.1 Å². The molecule has 0 aliphatic carbocycles. The molecular formula is C12H13ClN6S. The van der Waals surface area contributed by atoms with Crippen molar-refractivity contribution in [3.8, 4) is 0 Å². The molecule has 3 heterocycles. The number of hydrogen-bond acceptors (Lipinski definition) is 6. The fraction of sp³-hybridized carbons (Fsp3) is 0.250. The van der Waals surface area contributed by atoms with Gasteiger partial charge in [-0.25, -0.2) is 9.97 Å². The molecule has 0 spiro atoms. The summed E-state index contributed by atoms with van der Waals surface area (Å²) >= 11 is 7.51. The predicted molar refractivity (Wildman–Crippen MR) is 81.1 cm³/mol. The number of nitrogens with zero attached hydrogens (tertiary/aromatic N) is 3. The minimum atomic E-state index is 0.208. The molecule has 0 fully saturated rings. The van der Waals surface area contributed by atoms with Crippen LogP contribution in [0.1, 0.15) is 11.4 Å². The summed E-state index contributed by atoms with van der Waals surface area (Å²) in [5.74, 6) is 0.701. The van der Waals surface area contributed by atoms with E-state index >= 15 is 0 Å². The van der Waals surface area contributed by atoms with Gasteiger partial charge in [0.25, 0.3) is 0 Å². The van der Waals surface area contributed by atoms with Crippen LogP contribution in [-0.2, 0) is 13.0 Å².